The fourth-order valence-corrected chi connectivity index (χ4v) is 4.20. The van der Waals surface area contributed by atoms with Crippen LogP contribution in [0.2, 0.25) is 5.02 Å². The van der Waals surface area contributed by atoms with Crippen molar-refractivity contribution in [1.82, 2.24) is 19.9 Å². The standard InChI is InChI=1S/C26H28ClFN4O/c1-6-18(32(5)26(2,3)4)15-33-25-30-14-17-13-29-24(22(28)23(17)31-25)19-11-7-9-16-10-8-12-20(27)21(16)19/h7-14,18H,6,15H2,1-5H3. The van der Waals surface area contributed by atoms with Crippen LogP contribution in [-0.2, 0) is 0 Å². The van der Waals surface area contributed by atoms with E-state index in [-0.39, 0.29) is 28.8 Å². The van der Waals surface area contributed by atoms with Crippen molar-refractivity contribution in [3.63, 3.8) is 0 Å². The van der Waals surface area contributed by atoms with Gasteiger partial charge < -0.3 is 4.74 Å². The van der Waals surface area contributed by atoms with Gasteiger partial charge in [-0.1, -0.05) is 48.9 Å². The normalized spacial score (nSPS) is 13.1. The van der Waals surface area contributed by atoms with E-state index in [1.807, 2.05) is 30.3 Å². The Bertz CT molecular complexity index is 1300. The number of rotatable bonds is 6. The Morgan fingerprint density at radius 2 is 1.76 bits per heavy atom. The lowest BCUT2D eigenvalue weighted by atomic mass is 10.0. The first kappa shape index (κ1) is 23.3. The van der Waals surface area contributed by atoms with Crippen molar-refractivity contribution in [1.29, 1.82) is 0 Å². The number of pyridine rings is 1. The number of hydrogen-bond acceptors (Lipinski definition) is 5. The van der Waals surface area contributed by atoms with Crippen LogP contribution in [0.25, 0.3) is 32.9 Å². The first-order valence-corrected chi connectivity index (χ1v) is 11.4. The van der Waals surface area contributed by atoms with Crippen LogP contribution in [0.1, 0.15) is 34.1 Å². The van der Waals surface area contributed by atoms with E-state index in [2.05, 4.69) is 54.6 Å². The summed E-state index contributed by atoms with van der Waals surface area (Å²) in [7, 11) is 2.08. The van der Waals surface area contributed by atoms with E-state index in [1.54, 1.807) is 18.5 Å². The molecule has 2 aromatic heterocycles. The van der Waals surface area contributed by atoms with Crippen molar-refractivity contribution < 1.29 is 9.13 Å². The number of aromatic nitrogens is 3. The third-order valence-corrected chi connectivity index (χ3v) is 6.45. The predicted octanol–water partition coefficient (Wildman–Crippen LogP) is 6.53. The summed E-state index contributed by atoms with van der Waals surface area (Å²) in [6.07, 6.45) is 4.03. The maximum absolute atomic E-state index is 15.7. The van der Waals surface area contributed by atoms with Gasteiger partial charge >= 0.3 is 6.01 Å². The highest BCUT2D eigenvalue weighted by Gasteiger charge is 2.25. The summed E-state index contributed by atoms with van der Waals surface area (Å²) in [4.78, 5) is 15.3. The number of halogens is 2. The highest BCUT2D eigenvalue weighted by atomic mass is 35.5. The van der Waals surface area contributed by atoms with Gasteiger partial charge in [0.1, 0.15) is 17.8 Å². The molecule has 7 heteroatoms. The Morgan fingerprint density at radius 1 is 1.06 bits per heavy atom. The quantitative estimate of drug-likeness (QED) is 0.323. The van der Waals surface area contributed by atoms with Gasteiger partial charge in [-0.15, -0.1) is 0 Å². The summed E-state index contributed by atoms with van der Waals surface area (Å²) in [5.74, 6) is -0.522. The third kappa shape index (κ3) is 4.63. The average Bonchev–Trinajstić information content (AvgIpc) is 2.79. The zero-order valence-corrected chi connectivity index (χ0v) is 20.3. The zero-order valence-electron chi connectivity index (χ0n) is 19.6. The molecule has 2 aromatic carbocycles. The van der Waals surface area contributed by atoms with Crippen molar-refractivity contribution >= 4 is 33.3 Å². The van der Waals surface area contributed by atoms with Crippen LogP contribution < -0.4 is 4.74 Å². The van der Waals surface area contributed by atoms with Gasteiger partial charge in [-0.05, 0) is 45.7 Å². The minimum absolute atomic E-state index is 0.000683. The Kier molecular flexibility index (Phi) is 6.50. The molecule has 4 aromatic rings. The van der Waals surface area contributed by atoms with E-state index in [4.69, 9.17) is 16.3 Å². The van der Waals surface area contributed by atoms with Crippen molar-refractivity contribution in [2.24, 2.45) is 0 Å². The fraction of sp³-hybridized carbons (Fsp3) is 0.346. The second kappa shape index (κ2) is 9.20. The number of benzene rings is 2. The van der Waals surface area contributed by atoms with Gasteiger partial charge in [-0.2, -0.15) is 4.98 Å². The molecule has 4 rings (SSSR count). The summed E-state index contributed by atoms with van der Waals surface area (Å²) in [6, 6.07) is 11.6. The van der Waals surface area contributed by atoms with E-state index in [0.717, 1.165) is 17.2 Å². The maximum Gasteiger partial charge on any atom is 0.317 e. The van der Waals surface area contributed by atoms with Gasteiger partial charge in [-0.3, -0.25) is 9.88 Å². The average molecular weight is 467 g/mol. The van der Waals surface area contributed by atoms with E-state index in [9.17, 15) is 0 Å². The summed E-state index contributed by atoms with van der Waals surface area (Å²) in [5, 5.41) is 2.73. The highest BCUT2D eigenvalue weighted by Crippen LogP contribution is 2.35. The molecule has 0 aliphatic carbocycles. The minimum atomic E-state index is -0.522. The van der Waals surface area contributed by atoms with Gasteiger partial charge in [0.2, 0.25) is 0 Å². The Balaban J connectivity index is 1.71. The molecule has 0 amide bonds. The molecule has 0 aliphatic heterocycles. The van der Waals surface area contributed by atoms with E-state index in [0.29, 0.717) is 22.6 Å². The van der Waals surface area contributed by atoms with Gasteiger partial charge in [0.05, 0.1) is 0 Å². The molecule has 0 saturated heterocycles. The molecular weight excluding hydrogens is 439 g/mol. The van der Waals surface area contributed by atoms with E-state index < -0.39 is 5.82 Å². The minimum Gasteiger partial charge on any atom is -0.462 e. The first-order valence-electron chi connectivity index (χ1n) is 11.0. The number of ether oxygens (including phenoxy) is 1. The molecule has 0 fully saturated rings. The molecule has 0 bridgehead atoms. The molecule has 0 N–H and O–H groups in total. The monoisotopic (exact) mass is 466 g/mol. The largest absolute Gasteiger partial charge is 0.462 e. The van der Waals surface area contributed by atoms with Crippen LogP contribution in [0.4, 0.5) is 4.39 Å². The lowest BCUT2D eigenvalue weighted by molar-refractivity contribution is 0.0746. The summed E-state index contributed by atoms with van der Waals surface area (Å²) < 4.78 is 21.6. The Hall–Kier alpha value is -2.83. The second-order valence-electron chi connectivity index (χ2n) is 9.18. The SMILES string of the molecule is CCC(COc1ncc2cnc(-c3cccc4cccc(Cl)c34)c(F)c2n1)N(C)C(C)(C)C. The summed E-state index contributed by atoms with van der Waals surface area (Å²) in [6.45, 7) is 9.00. The number of hydrogen-bond donors (Lipinski definition) is 0. The van der Waals surface area contributed by atoms with Crippen LogP contribution in [0.3, 0.4) is 0 Å². The van der Waals surface area contributed by atoms with Crippen LogP contribution >= 0.6 is 11.6 Å². The molecule has 0 saturated carbocycles. The maximum atomic E-state index is 15.7. The predicted molar refractivity (Wildman–Crippen MR) is 132 cm³/mol. The molecule has 0 aliphatic rings. The molecular formula is C26H28ClFN4O. The van der Waals surface area contributed by atoms with Gasteiger partial charge in [0, 0.05) is 45.3 Å². The smallest absolute Gasteiger partial charge is 0.317 e. The lowest BCUT2D eigenvalue weighted by Crippen LogP contribution is -2.47. The van der Waals surface area contributed by atoms with Gasteiger partial charge in [-0.25, -0.2) is 9.37 Å². The van der Waals surface area contributed by atoms with Crippen molar-refractivity contribution in [2.75, 3.05) is 13.7 Å². The van der Waals surface area contributed by atoms with E-state index >= 15 is 4.39 Å². The van der Waals surface area contributed by atoms with E-state index in [1.165, 1.54) is 0 Å². The van der Waals surface area contributed by atoms with Crippen molar-refractivity contribution in [3.05, 3.63) is 59.6 Å². The molecule has 0 radical (unpaired) electrons. The molecule has 33 heavy (non-hydrogen) atoms. The van der Waals surface area contributed by atoms with Gasteiger partial charge in [0.25, 0.3) is 0 Å². The van der Waals surface area contributed by atoms with Crippen LogP contribution in [-0.4, -0.2) is 45.1 Å². The first-order chi connectivity index (χ1) is 15.7. The molecule has 1 unspecified atom stereocenters. The summed E-state index contributed by atoms with van der Waals surface area (Å²) >= 11 is 6.45. The van der Waals surface area contributed by atoms with Crippen molar-refractivity contribution in [2.45, 2.75) is 45.7 Å². The number of fused-ring (bicyclic) bond motifs is 2. The summed E-state index contributed by atoms with van der Waals surface area (Å²) in [5.41, 5.74) is 0.994. The Morgan fingerprint density at radius 3 is 2.45 bits per heavy atom. The lowest BCUT2D eigenvalue weighted by Gasteiger charge is -2.38. The highest BCUT2D eigenvalue weighted by molar-refractivity contribution is 6.36. The van der Waals surface area contributed by atoms with Crippen LogP contribution in [0.5, 0.6) is 6.01 Å². The topological polar surface area (TPSA) is 51.1 Å². The number of nitrogens with zero attached hydrogens (tertiary/aromatic N) is 4. The molecule has 0 spiro atoms. The van der Waals surface area contributed by atoms with Gasteiger partial charge in [0.15, 0.2) is 5.82 Å². The third-order valence-electron chi connectivity index (χ3n) is 6.13. The molecule has 1 atom stereocenters. The molecule has 5 nitrogen and oxygen atoms in total. The Labute approximate surface area is 198 Å². The van der Waals surface area contributed by atoms with Crippen LogP contribution in [0.15, 0.2) is 48.8 Å². The second-order valence-corrected chi connectivity index (χ2v) is 9.58. The molecule has 172 valence electrons. The molecule has 2 heterocycles. The zero-order chi connectivity index (χ0) is 23.8. The van der Waals surface area contributed by atoms with Crippen molar-refractivity contribution in [3.8, 4) is 17.3 Å². The fourth-order valence-electron chi connectivity index (χ4n) is 3.92. The van der Waals surface area contributed by atoms with Crippen LogP contribution in [0, 0.1) is 5.82 Å². The number of likely N-dealkylation sites (N-methyl/N-ethyl adjacent to an activating group) is 1.